The second kappa shape index (κ2) is 7.95. The van der Waals surface area contributed by atoms with Gasteiger partial charge >= 0.3 is 0 Å². The fraction of sp³-hybridized carbons (Fsp3) is 0.550. The van der Waals surface area contributed by atoms with E-state index in [0.717, 1.165) is 30.9 Å². The van der Waals surface area contributed by atoms with Gasteiger partial charge in [-0.25, -0.2) is 0 Å². The molecule has 1 aromatic carbocycles. The highest BCUT2D eigenvalue weighted by Gasteiger charge is 2.13. The summed E-state index contributed by atoms with van der Waals surface area (Å²) in [5, 5.41) is 17.1. The van der Waals surface area contributed by atoms with Crippen LogP contribution in [0.15, 0.2) is 24.3 Å². The number of aryl methyl sites for hydroxylation is 1. The maximum absolute atomic E-state index is 9.08. The van der Waals surface area contributed by atoms with E-state index in [1.165, 1.54) is 16.7 Å². The summed E-state index contributed by atoms with van der Waals surface area (Å²) < 4.78 is 1.89. The topological polar surface area (TPSA) is 50.1 Å². The van der Waals surface area contributed by atoms with Crippen molar-refractivity contribution in [2.45, 2.75) is 59.5 Å². The molecule has 132 valence electrons. The minimum absolute atomic E-state index is 0.124. The second-order valence-electron chi connectivity index (χ2n) is 7.47. The van der Waals surface area contributed by atoms with Gasteiger partial charge in [-0.05, 0) is 43.4 Å². The predicted octanol–water partition coefficient (Wildman–Crippen LogP) is 3.12. The van der Waals surface area contributed by atoms with Crippen molar-refractivity contribution in [3.8, 4) is 0 Å². The van der Waals surface area contributed by atoms with Crippen LogP contribution in [-0.4, -0.2) is 28.0 Å². The highest BCUT2D eigenvalue weighted by Crippen LogP contribution is 2.22. The summed E-state index contributed by atoms with van der Waals surface area (Å²) in [4.78, 5) is 0. The van der Waals surface area contributed by atoms with Gasteiger partial charge in [-0.2, -0.15) is 5.10 Å². The van der Waals surface area contributed by atoms with Crippen LogP contribution in [0.2, 0.25) is 0 Å². The Balaban J connectivity index is 1.85. The molecule has 0 bridgehead atoms. The van der Waals surface area contributed by atoms with E-state index in [4.69, 9.17) is 5.11 Å². The van der Waals surface area contributed by atoms with Crippen LogP contribution in [-0.2, 0) is 24.9 Å². The molecule has 2 rings (SSSR count). The zero-order valence-corrected chi connectivity index (χ0v) is 15.7. The quantitative estimate of drug-likeness (QED) is 0.767. The number of nitrogens with zero attached hydrogens (tertiary/aromatic N) is 2. The lowest BCUT2D eigenvalue weighted by molar-refractivity contribution is 0.267. The lowest BCUT2D eigenvalue weighted by atomic mass is 9.86. The van der Waals surface area contributed by atoms with Crippen molar-refractivity contribution in [2.24, 2.45) is 0 Å². The van der Waals surface area contributed by atoms with Gasteiger partial charge in [0, 0.05) is 17.8 Å². The van der Waals surface area contributed by atoms with E-state index in [-0.39, 0.29) is 12.0 Å². The zero-order valence-electron chi connectivity index (χ0n) is 15.7. The maximum atomic E-state index is 9.08. The third-order valence-electron chi connectivity index (χ3n) is 4.56. The molecule has 0 saturated carbocycles. The molecule has 0 fully saturated rings. The Bertz CT molecular complexity index is 651. The number of rotatable bonds is 7. The van der Waals surface area contributed by atoms with Crippen LogP contribution >= 0.6 is 0 Å². The van der Waals surface area contributed by atoms with Gasteiger partial charge in [0.1, 0.15) is 0 Å². The molecule has 0 saturated heterocycles. The van der Waals surface area contributed by atoms with Crippen LogP contribution in [0.1, 0.15) is 48.8 Å². The summed E-state index contributed by atoms with van der Waals surface area (Å²) in [6.07, 6.45) is 1.02. The predicted molar refractivity (Wildman–Crippen MR) is 99.3 cm³/mol. The molecule has 2 N–H and O–H groups in total. The Hall–Kier alpha value is -1.65. The first-order valence-corrected chi connectivity index (χ1v) is 8.77. The normalized spacial score (nSPS) is 11.9. The third-order valence-corrected chi connectivity index (χ3v) is 4.56. The first-order chi connectivity index (χ1) is 11.3. The van der Waals surface area contributed by atoms with Crippen molar-refractivity contribution < 1.29 is 5.11 Å². The molecule has 0 unspecified atom stereocenters. The van der Waals surface area contributed by atoms with E-state index in [1.807, 2.05) is 11.6 Å². The van der Waals surface area contributed by atoms with Gasteiger partial charge in [0.25, 0.3) is 0 Å². The Labute approximate surface area is 145 Å². The number of hydrogen-bond donors (Lipinski definition) is 2. The Kier molecular flexibility index (Phi) is 6.19. The molecule has 0 aliphatic carbocycles. The molecule has 0 atom stereocenters. The van der Waals surface area contributed by atoms with Gasteiger partial charge < -0.3 is 10.4 Å². The number of benzene rings is 1. The van der Waals surface area contributed by atoms with E-state index in [0.29, 0.717) is 6.54 Å². The summed E-state index contributed by atoms with van der Waals surface area (Å²) in [5.41, 5.74) is 6.38. The van der Waals surface area contributed by atoms with E-state index in [9.17, 15) is 0 Å². The van der Waals surface area contributed by atoms with Gasteiger partial charge in [-0.1, -0.05) is 45.0 Å². The van der Waals surface area contributed by atoms with Gasteiger partial charge in [-0.3, -0.25) is 4.68 Å². The third kappa shape index (κ3) is 4.68. The van der Waals surface area contributed by atoms with E-state index in [1.54, 1.807) is 0 Å². The van der Waals surface area contributed by atoms with Gasteiger partial charge in [0.2, 0.25) is 0 Å². The van der Waals surface area contributed by atoms with E-state index < -0.39 is 0 Å². The number of nitrogens with one attached hydrogen (secondary N) is 1. The number of hydrogen-bond acceptors (Lipinski definition) is 3. The first kappa shape index (κ1) is 18.7. The number of aromatic nitrogens is 2. The van der Waals surface area contributed by atoms with Crippen LogP contribution in [0.4, 0.5) is 0 Å². The summed E-state index contributed by atoms with van der Waals surface area (Å²) in [5.74, 6) is 0. The van der Waals surface area contributed by atoms with Crippen molar-refractivity contribution in [3.63, 3.8) is 0 Å². The molecular weight excluding hydrogens is 298 g/mol. The maximum Gasteiger partial charge on any atom is 0.0644 e. The lowest BCUT2D eigenvalue weighted by Crippen LogP contribution is -2.18. The molecule has 0 aliphatic rings. The van der Waals surface area contributed by atoms with Crippen LogP contribution in [0.5, 0.6) is 0 Å². The van der Waals surface area contributed by atoms with E-state index in [2.05, 4.69) is 62.4 Å². The van der Waals surface area contributed by atoms with Crippen LogP contribution in [0.3, 0.4) is 0 Å². The van der Waals surface area contributed by atoms with Crippen molar-refractivity contribution in [1.29, 1.82) is 0 Å². The summed E-state index contributed by atoms with van der Waals surface area (Å²) in [6.45, 7) is 13.3. The molecule has 0 aliphatic heterocycles. The molecule has 4 heteroatoms. The molecule has 0 amide bonds. The fourth-order valence-corrected chi connectivity index (χ4v) is 2.92. The fourth-order valence-electron chi connectivity index (χ4n) is 2.92. The van der Waals surface area contributed by atoms with Crippen molar-refractivity contribution in [3.05, 3.63) is 52.3 Å². The van der Waals surface area contributed by atoms with Gasteiger partial charge in [0.15, 0.2) is 0 Å². The molecule has 2 aromatic rings. The van der Waals surface area contributed by atoms with E-state index >= 15 is 0 Å². The molecule has 1 heterocycles. The Morgan fingerprint density at radius 3 is 2.38 bits per heavy atom. The van der Waals surface area contributed by atoms with Gasteiger partial charge in [-0.15, -0.1) is 0 Å². The summed E-state index contributed by atoms with van der Waals surface area (Å²) in [6, 6.07) is 8.95. The standard InChI is InChI=1S/C20H31N3O/c1-15-19(16(2)23(22-15)12-13-24)14-21-11-10-17-6-8-18(9-7-17)20(3,4)5/h6-9,21,24H,10-14H2,1-5H3. The van der Waals surface area contributed by atoms with Crippen LogP contribution in [0.25, 0.3) is 0 Å². The van der Waals surface area contributed by atoms with Crippen molar-refractivity contribution in [2.75, 3.05) is 13.2 Å². The van der Waals surface area contributed by atoms with Crippen LogP contribution < -0.4 is 5.32 Å². The zero-order chi connectivity index (χ0) is 17.7. The monoisotopic (exact) mass is 329 g/mol. The first-order valence-electron chi connectivity index (χ1n) is 8.77. The smallest absolute Gasteiger partial charge is 0.0644 e. The largest absolute Gasteiger partial charge is 0.394 e. The molecular formula is C20H31N3O. The molecule has 24 heavy (non-hydrogen) atoms. The summed E-state index contributed by atoms with van der Waals surface area (Å²) >= 11 is 0. The highest BCUT2D eigenvalue weighted by atomic mass is 16.3. The molecule has 0 spiro atoms. The van der Waals surface area contributed by atoms with Crippen molar-refractivity contribution in [1.82, 2.24) is 15.1 Å². The molecule has 1 aromatic heterocycles. The number of aliphatic hydroxyl groups excluding tert-OH is 1. The lowest BCUT2D eigenvalue weighted by Gasteiger charge is -2.19. The van der Waals surface area contributed by atoms with Crippen molar-refractivity contribution >= 4 is 0 Å². The minimum Gasteiger partial charge on any atom is -0.394 e. The SMILES string of the molecule is Cc1nn(CCO)c(C)c1CNCCc1ccc(C(C)(C)C)cc1. The van der Waals surface area contributed by atoms with Crippen LogP contribution in [0, 0.1) is 13.8 Å². The Morgan fingerprint density at radius 1 is 1.12 bits per heavy atom. The summed E-state index contributed by atoms with van der Waals surface area (Å²) in [7, 11) is 0. The average Bonchev–Trinajstić information content (AvgIpc) is 2.78. The minimum atomic E-state index is 0.124. The van der Waals surface area contributed by atoms with Gasteiger partial charge in [0.05, 0.1) is 18.8 Å². The second-order valence-corrected chi connectivity index (χ2v) is 7.47. The average molecular weight is 329 g/mol. The number of aliphatic hydroxyl groups is 1. The highest BCUT2D eigenvalue weighted by molar-refractivity contribution is 5.28. The molecule has 0 radical (unpaired) electrons. The molecule has 4 nitrogen and oxygen atoms in total. The Morgan fingerprint density at radius 2 is 1.79 bits per heavy atom.